The number of nitrogen functional groups attached to an aromatic ring is 1. The Hall–Kier alpha value is -2.10. The Kier molecular flexibility index (Phi) is 3.68. The van der Waals surface area contributed by atoms with Crippen molar-refractivity contribution in [3.8, 4) is 0 Å². The Morgan fingerprint density at radius 1 is 1.59 bits per heavy atom. The van der Waals surface area contributed by atoms with Crippen LogP contribution in [0.1, 0.15) is 0 Å². The molecule has 1 rings (SSSR count). The molecule has 1 aromatic rings. The fourth-order valence-electron chi connectivity index (χ4n) is 0.971. The minimum Gasteiger partial charge on any atom is -0.390 e. The predicted molar refractivity (Wildman–Crippen MR) is 53.6 cm³/mol. The molecule has 0 saturated heterocycles. The number of hydrogen-bond donors (Lipinski definition) is 3. The number of aliphatic hydroxyl groups excluding tert-OH is 1. The zero-order valence-electron chi connectivity index (χ0n) is 8.43. The number of rotatable bonds is 5. The first-order chi connectivity index (χ1) is 7.87. The lowest BCUT2D eigenvalue weighted by molar-refractivity contribution is -0.383. The molecule has 0 bridgehead atoms. The SMILES string of the molecule is Nc1ncnc(NCC(F)(F)CO)c1[N+](=O)[O-]. The van der Waals surface area contributed by atoms with Crippen LogP contribution in [-0.2, 0) is 0 Å². The highest BCUT2D eigenvalue weighted by molar-refractivity contribution is 5.67. The van der Waals surface area contributed by atoms with E-state index in [9.17, 15) is 18.9 Å². The van der Waals surface area contributed by atoms with Gasteiger partial charge in [-0.1, -0.05) is 0 Å². The van der Waals surface area contributed by atoms with Gasteiger partial charge in [0.15, 0.2) is 0 Å². The van der Waals surface area contributed by atoms with Crippen LogP contribution >= 0.6 is 0 Å². The van der Waals surface area contributed by atoms with Gasteiger partial charge >= 0.3 is 5.69 Å². The Morgan fingerprint density at radius 2 is 2.24 bits per heavy atom. The van der Waals surface area contributed by atoms with Gasteiger partial charge in [0.25, 0.3) is 5.92 Å². The van der Waals surface area contributed by atoms with Gasteiger partial charge in [0.05, 0.1) is 11.5 Å². The van der Waals surface area contributed by atoms with E-state index in [1.54, 1.807) is 0 Å². The third kappa shape index (κ3) is 3.17. The van der Waals surface area contributed by atoms with Crippen LogP contribution in [0.25, 0.3) is 0 Å². The molecule has 17 heavy (non-hydrogen) atoms. The number of nitrogens with zero attached hydrogens (tertiary/aromatic N) is 3. The Labute approximate surface area is 93.6 Å². The molecule has 0 saturated carbocycles. The number of aromatic nitrogens is 2. The first kappa shape index (κ1) is 13.0. The van der Waals surface area contributed by atoms with Gasteiger partial charge in [-0.2, -0.15) is 0 Å². The predicted octanol–water partition coefficient (Wildman–Crippen LogP) is 0.00650. The summed E-state index contributed by atoms with van der Waals surface area (Å²) in [6.07, 6.45) is 0.905. The highest BCUT2D eigenvalue weighted by Crippen LogP contribution is 2.27. The van der Waals surface area contributed by atoms with Crippen LogP contribution in [0.2, 0.25) is 0 Å². The van der Waals surface area contributed by atoms with Crippen LogP contribution in [0.3, 0.4) is 0 Å². The molecule has 0 atom stereocenters. The number of alkyl halides is 2. The van der Waals surface area contributed by atoms with Gasteiger partial charge in [-0.05, 0) is 0 Å². The molecule has 0 spiro atoms. The summed E-state index contributed by atoms with van der Waals surface area (Å²) in [6, 6.07) is 0. The van der Waals surface area contributed by atoms with E-state index in [1.807, 2.05) is 5.32 Å². The fraction of sp³-hybridized carbons (Fsp3) is 0.429. The van der Waals surface area contributed by atoms with Gasteiger partial charge in [0.2, 0.25) is 11.6 Å². The first-order valence-corrected chi connectivity index (χ1v) is 4.35. The van der Waals surface area contributed by atoms with Crippen LogP contribution in [0.4, 0.5) is 26.1 Å². The van der Waals surface area contributed by atoms with Crippen LogP contribution in [-0.4, -0.2) is 39.1 Å². The minimum absolute atomic E-state index is 0.421. The van der Waals surface area contributed by atoms with Crippen molar-refractivity contribution < 1.29 is 18.8 Å². The molecule has 1 heterocycles. The lowest BCUT2D eigenvalue weighted by Gasteiger charge is -2.14. The molecule has 0 fully saturated rings. The number of anilines is 2. The third-order valence-electron chi connectivity index (χ3n) is 1.78. The van der Waals surface area contributed by atoms with E-state index < -0.39 is 41.3 Å². The van der Waals surface area contributed by atoms with Crippen molar-refractivity contribution in [2.75, 3.05) is 24.2 Å². The van der Waals surface area contributed by atoms with Gasteiger partial charge < -0.3 is 16.2 Å². The smallest absolute Gasteiger partial charge is 0.352 e. The van der Waals surface area contributed by atoms with Crippen molar-refractivity contribution in [2.24, 2.45) is 0 Å². The number of nitro groups is 1. The van der Waals surface area contributed by atoms with Crippen molar-refractivity contribution >= 4 is 17.3 Å². The molecule has 8 nitrogen and oxygen atoms in total. The van der Waals surface area contributed by atoms with E-state index in [0.717, 1.165) is 6.33 Å². The maximum Gasteiger partial charge on any atom is 0.352 e. The third-order valence-corrected chi connectivity index (χ3v) is 1.78. The van der Waals surface area contributed by atoms with Gasteiger partial charge in [0.1, 0.15) is 12.9 Å². The lowest BCUT2D eigenvalue weighted by atomic mass is 10.3. The van der Waals surface area contributed by atoms with E-state index in [4.69, 9.17) is 10.8 Å². The monoisotopic (exact) mass is 249 g/mol. The maximum absolute atomic E-state index is 12.7. The normalized spacial score (nSPS) is 11.2. The first-order valence-electron chi connectivity index (χ1n) is 4.35. The van der Waals surface area contributed by atoms with Crippen molar-refractivity contribution in [1.82, 2.24) is 9.97 Å². The van der Waals surface area contributed by atoms with Gasteiger partial charge in [-0.3, -0.25) is 10.1 Å². The summed E-state index contributed by atoms with van der Waals surface area (Å²) in [6.45, 7) is -2.38. The second kappa shape index (κ2) is 4.82. The Morgan fingerprint density at radius 3 is 2.76 bits per heavy atom. The van der Waals surface area contributed by atoms with Crippen molar-refractivity contribution in [2.45, 2.75) is 5.92 Å². The van der Waals surface area contributed by atoms with Crippen LogP contribution in [0.5, 0.6) is 0 Å². The molecule has 0 aliphatic rings. The highest BCUT2D eigenvalue weighted by atomic mass is 19.3. The zero-order chi connectivity index (χ0) is 13.1. The standard InChI is InChI=1S/C7H9F2N5O3/c8-7(9,2-15)1-11-6-4(14(16)17)5(10)12-3-13-6/h3,15H,1-2H2,(H3,10,11,12,13). The number of nitrogens with one attached hydrogen (secondary N) is 1. The topological polar surface area (TPSA) is 127 Å². The minimum atomic E-state index is -3.41. The second-order valence-corrected chi connectivity index (χ2v) is 3.08. The summed E-state index contributed by atoms with van der Waals surface area (Å²) >= 11 is 0. The van der Waals surface area contributed by atoms with E-state index in [0.29, 0.717) is 0 Å². The second-order valence-electron chi connectivity index (χ2n) is 3.08. The molecular weight excluding hydrogens is 240 g/mol. The quantitative estimate of drug-likeness (QED) is 0.495. The lowest BCUT2D eigenvalue weighted by Crippen LogP contribution is -2.31. The molecule has 0 aromatic carbocycles. The molecule has 94 valence electrons. The van der Waals surface area contributed by atoms with E-state index in [1.165, 1.54) is 0 Å². The molecule has 10 heteroatoms. The molecule has 0 amide bonds. The fourth-order valence-corrected chi connectivity index (χ4v) is 0.971. The molecule has 0 unspecified atom stereocenters. The van der Waals surface area contributed by atoms with Crippen molar-refractivity contribution in [3.63, 3.8) is 0 Å². The van der Waals surface area contributed by atoms with E-state index >= 15 is 0 Å². The Balaban J connectivity index is 2.92. The van der Waals surface area contributed by atoms with E-state index in [2.05, 4.69) is 9.97 Å². The summed E-state index contributed by atoms with van der Waals surface area (Å²) in [5, 5.41) is 21.0. The summed E-state index contributed by atoms with van der Waals surface area (Å²) < 4.78 is 25.4. The van der Waals surface area contributed by atoms with Gasteiger partial charge in [-0.25, -0.2) is 18.7 Å². The van der Waals surface area contributed by atoms with Crippen LogP contribution < -0.4 is 11.1 Å². The number of nitrogens with two attached hydrogens (primary N) is 1. The zero-order valence-corrected chi connectivity index (χ0v) is 8.43. The Bertz CT molecular complexity index is 428. The highest BCUT2D eigenvalue weighted by Gasteiger charge is 2.29. The summed E-state index contributed by atoms with van der Waals surface area (Å²) in [4.78, 5) is 16.5. The number of halogens is 2. The molecular formula is C7H9F2N5O3. The van der Waals surface area contributed by atoms with Gasteiger partial charge in [0, 0.05) is 0 Å². The van der Waals surface area contributed by atoms with Crippen molar-refractivity contribution in [1.29, 1.82) is 0 Å². The van der Waals surface area contributed by atoms with Crippen LogP contribution in [0.15, 0.2) is 6.33 Å². The summed E-state index contributed by atoms with van der Waals surface area (Å²) in [7, 11) is 0. The van der Waals surface area contributed by atoms with Crippen molar-refractivity contribution in [3.05, 3.63) is 16.4 Å². The molecule has 0 radical (unpaired) electrons. The average molecular weight is 249 g/mol. The number of aliphatic hydroxyl groups is 1. The van der Waals surface area contributed by atoms with E-state index in [-0.39, 0.29) is 0 Å². The molecule has 1 aromatic heterocycles. The summed E-state index contributed by atoms with van der Waals surface area (Å²) in [5.41, 5.74) is 4.55. The summed E-state index contributed by atoms with van der Waals surface area (Å²) in [5.74, 6) is -4.26. The number of hydrogen-bond acceptors (Lipinski definition) is 7. The maximum atomic E-state index is 12.7. The van der Waals surface area contributed by atoms with Gasteiger partial charge in [-0.15, -0.1) is 0 Å². The molecule has 0 aliphatic heterocycles. The molecule has 4 N–H and O–H groups in total. The molecule has 0 aliphatic carbocycles. The van der Waals surface area contributed by atoms with Crippen LogP contribution in [0, 0.1) is 10.1 Å². The average Bonchev–Trinajstić information content (AvgIpc) is 2.26. The largest absolute Gasteiger partial charge is 0.390 e.